The topological polar surface area (TPSA) is 123 Å². The van der Waals surface area contributed by atoms with E-state index in [1.807, 2.05) is 19.9 Å². The molecule has 0 bridgehead atoms. The smallest absolute Gasteiger partial charge is 0.291 e. The lowest BCUT2D eigenvalue weighted by molar-refractivity contribution is 0.0994. The van der Waals surface area contributed by atoms with Crippen molar-refractivity contribution < 1.29 is 18.4 Å². The van der Waals surface area contributed by atoms with Gasteiger partial charge in [0.25, 0.3) is 11.8 Å². The molecule has 0 aliphatic carbocycles. The third-order valence-electron chi connectivity index (χ3n) is 4.92. The van der Waals surface area contributed by atoms with Crippen LogP contribution in [-0.2, 0) is 0 Å². The second kappa shape index (κ2) is 10.8. The predicted molar refractivity (Wildman–Crippen MR) is 132 cm³/mol. The van der Waals surface area contributed by atoms with Crippen LogP contribution in [0.15, 0.2) is 83.5 Å². The molecule has 0 spiro atoms. The van der Waals surface area contributed by atoms with Gasteiger partial charge >= 0.3 is 0 Å². The Morgan fingerprint density at radius 2 is 1.32 bits per heavy atom. The first-order chi connectivity index (χ1) is 16.2. The lowest BCUT2D eigenvalue weighted by atomic mass is 10.1. The van der Waals surface area contributed by atoms with Crippen molar-refractivity contribution in [2.24, 2.45) is 0 Å². The molecule has 2 amide bonds. The lowest BCUT2D eigenvalue weighted by Crippen LogP contribution is -2.13. The van der Waals surface area contributed by atoms with Gasteiger partial charge in [-0.2, -0.15) is 0 Å². The van der Waals surface area contributed by atoms with Crippen LogP contribution in [0.2, 0.25) is 0 Å². The Balaban J connectivity index is 0.000000192. The second-order valence-electron chi connectivity index (χ2n) is 7.51. The molecule has 0 saturated carbocycles. The maximum Gasteiger partial charge on any atom is 0.291 e. The zero-order chi connectivity index (χ0) is 24.7. The zero-order valence-corrected chi connectivity index (χ0v) is 18.8. The standard InChI is InChI=1S/C14H13FN2O.C12H12N2O2/c1-9-8-10(6-7-13(9)16)17-14(18)11-4-2-3-5-12(11)15;1-8-7-9(4-5-10(8)13)14-12(15)11-3-2-6-16-11/h2-8H,16H2,1H3,(H,17,18);2-7H,13H2,1H3,(H,14,15). The Morgan fingerprint density at radius 3 is 1.82 bits per heavy atom. The predicted octanol–water partition coefficient (Wildman–Crippen LogP) is 5.39. The molecule has 8 heteroatoms. The number of nitrogens with one attached hydrogen (secondary N) is 2. The molecule has 34 heavy (non-hydrogen) atoms. The summed E-state index contributed by atoms with van der Waals surface area (Å²) in [4.78, 5) is 23.5. The molecular weight excluding hydrogens is 435 g/mol. The number of anilines is 4. The fraction of sp³-hybridized carbons (Fsp3) is 0.0769. The van der Waals surface area contributed by atoms with Crippen molar-refractivity contribution in [3.05, 3.63) is 107 Å². The third-order valence-corrected chi connectivity index (χ3v) is 4.92. The van der Waals surface area contributed by atoms with Crippen LogP contribution < -0.4 is 22.1 Å². The number of nitrogens with two attached hydrogens (primary N) is 2. The Bertz CT molecular complexity index is 1300. The van der Waals surface area contributed by atoms with Crippen LogP contribution >= 0.6 is 0 Å². The molecule has 3 aromatic carbocycles. The molecule has 6 N–H and O–H groups in total. The van der Waals surface area contributed by atoms with Gasteiger partial charge in [0.1, 0.15) is 5.82 Å². The van der Waals surface area contributed by atoms with E-state index in [0.717, 1.165) is 11.1 Å². The number of furan rings is 1. The Labute approximate surface area is 196 Å². The van der Waals surface area contributed by atoms with Gasteiger partial charge in [-0.25, -0.2) is 4.39 Å². The van der Waals surface area contributed by atoms with Gasteiger partial charge in [-0.1, -0.05) is 12.1 Å². The van der Waals surface area contributed by atoms with Crippen LogP contribution in [-0.4, -0.2) is 11.8 Å². The minimum absolute atomic E-state index is 0.0204. The Hall–Kier alpha value is -4.59. The quantitative estimate of drug-likeness (QED) is 0.304. The highest BCUT2D eigenvalue weighted by Gasteiger charge is 2.11. The van der Waals surface area contributed by atoms with Crippen molar-refractivity contribution in [3.63, 3.8) is 0 Å². The molecule has 0 aliphatic rings. The van der Waals surface area contributed by atoms with Crippen molar-refractivity contribution in [2.75, 3.05) is 22.1 Å². The maximum absolute atomic E-state index is 13.4. The lowest BCUT2D eigenvalue weighted by Gasteiger charge is -2.08. The van der Waals surface area contributed by atoms with Crippen LogP contribution in [0, 0.1) is 19.7 Å². The number of hydrogen-bond acceptors (Lipinski definition) is 5. The van der Waals surface area contributed by atoms with Crippen molar-refractivity contribution in [2.45, 2.75) is 13.8 Å². The molecule has 0 atom stereocenters. The van der Waals surface area contributed by atoms with Crippen LogP contribution in [0.1, 0.15) is 32.0 Å². The fourth-order valence-electron chi connectivity index (χ4n) is 2.95. The molecule has 0 aliphatic heterocycles. The van der Waals surface area contributed by atoms with Crippen molar-refractivity contribution in [3.8, 4) is 0 Å². The molecule has 1 heterocycles. The van der Waals surface area contributed by atoms with Crippen molar-refractivity contribution in [1.29, 1.82) is 0 Å². The van der Waals surface area contributed by atoms with Gasteiger partial charge in [0.05, 0.1) is 11.8 Å². The summed E-state index contributed by atoms with van der Waals surface area (Å²) in [6.45, 7) is 3.73. The monoisotopic (exact) mass is 460 g/mol. The largest absolute Gasteiger partial charge is 0.459 e. The first kappa shape index (κ1) is 24.1. The van der Waals surface area contributed by atoms with Gasteiger partial charge in [0, 0.05) is 22.7 Å². The number of hydrogen-bond donors (Lipinski definition) is 4. The number of rotatable bonds is 4. The molecule has 174 valence electrons. The van der Waals surface area contributed by atoms with E-state index in [9.17, 15) is 14.0 Å². The fourth-order valence-corrected chi connectivity index (χ4v) is 2.95. The summed E-state index contributed by atoms with van der Waals surface area (Å²) < 4.78 is 18.4. The first-order valence-corrected chi connectivity index (χ1v) is 10.4. The van der Waals surface area contributed by atoms with E-state index in [4.69, 9.17) is 15.9 Å². The van der Waals surface area contributed by atoms with Gasteiger partial charge in [0.2, 0.25) is 0 Å². The molecular formula is C26H25FN4O3. The molecule has 0 fully saturated rings. The van der Waals surface area contributed by atoms with Crippen molar-refractivity contribution >= 4 is 34.6 Å². The van der Waals surface area contributed by atoms with E-state index in [1.165, 1.54) is 18.4 Å². The van der Waals surface area contributed by atoms with Crippen LogP contribution in [0.3, 0.4) is 0 Å². The van der Waals surface area contributed by atoms with Gasteiger partial charge in [0.15, 0.2) is 5.76 Å². The summed E-state index contributed by atoms with van der Waals surface area (Å²) >= 11 is 0. The number of carbonyl (C=O) groups is 2. The first-order valence-electron chi connectivity index (χ1n) is 10.4. The highest BCUT2D eigenvalue weighted by molar-refractivity contribution is 6.04. The SMILES string of the molecule is Cc1cc(NC(=O)c2ccccc2F)ccc1N.Cc1cc(NC(=O)c2ccco2)ccc1N. The summed E-state index contributed by atoms with van der Waals surface area (Å²) in [5, 5.41) is 5.36. The summed E-state index contributed by atoms with van der Waals surface area (Å²) in [7, 11) is 0. The number of aryl methyl sites for hydroxylation is 2. The molecule has 0 radical (unpaired) electrons. The minimum Gasteiger partial charge on any atom is -0.459 e. The summed E-state index contributed by atoms with van der Waals surface area (Å²) in [5.74, 6) is -0.997. The molecule has 1 aromatic heterocycles. The molecule has 7 nitrogen and oxygen atoms in total. The average Bonchev–Trinajstić information content (AvgIpc) is 3.35. The van der Waals surface area contributed by atoms with Crippen molar-refractivity contribution in [1.82, 2.24) is 0 Å². The molecule has 4 rings (SSSR count). The van der Waals surface area contributed by atoms with E-state index in [-0.39, 0.29) is 17.2 Å². The van der Waals surface area contributed by atoms with Gasteiger partial charge in [-0.15, -0.1) is 0 Å². The molecule has 0 saturated heterocycles. The third kappa shape index (κ3) is 6.23. The Kier molecular flexibility index (Phi) is 7.66. The zero-order valence-electron chi connectivity index (χ0n) is 18.8. The summed E-state index contributed by atoms with van der Waals surface area (Å²) in [6.07, 6.45) is 1.46. The minimum atomic E-state index is -0.540. The number of carbonyl (C=O) groups excluding carboxylic acids is 2. The van der Waals surface area contributed by atoms with Crippen LogP contribution in [0.4, 0.5) is 27.1 Å². The number of halogens is 1. The van der Waals surface area contributed by atoms with E-state index < -0.39 is 11.7 Å². The van der Waals surface area contributed by atoms with E-state index >= 15 is 0 Å². The van der Waals surface area contributed by atoms with Crippen LogP contribution in [0.5, 0.6) is 0 Å². The van der Waals surface area contributed by atoms with E-state index in [1.54, 1.807) is 54.6 Å². The van der Waals surface area contributed by atoms with E-state index in [0.29, 0.717) is 22.7 Å². The molecule has 0 unspecified atom stereocenters. The highest BCUT2D eigenvalue weighted by Crippen LogP contribution is 2.19. The Morgan fingerprint density at radius 1 is 0.765 bits per heavy atom. The number of amides is 2. The molecule has 4 aromatic rings. The van der Waals surface area contributed by atoms with Gasteiger partial charge < -0.3 is 26.5 Å². The maximum atomic E-state index is 13.4. The number of nitrogen functional groups attached to an aromatic ring is 2. The van der Waals surface area contributed by atoms with Gasteiger partial charge in [-0.3, -0.25) is 9.59 Å². The summed E-state index contributed by atoms with van der Waals surface area (Å²) in [5.41, 5.74) is 15.8. The van der Waals surface area contributed by atoms with Crippen LogP contribution in [0.25, 0.3) is 0 Å². The normalized spacial score (nSPS) is 10.1. The average molecular weight is 461 g/mol. The van der Waals surface area contributed by atoms with E-state index in [2.05, 4.69) is 10.6 Å². The number of benzene rings is 3. The second-order valence-corrected chi connectivity index (χ2v) is 7.51. The van der Waals surface area contributed by atoms with Gasteiger partial charge in [-0.05, 0) is 85.6 Å². The summed E-state index contributed by atoms with van der Waals surface area (Å²) in [6, 6.07) is 19.6. The highest BCUT2D eigenvalue weighted by atomic mass is 19.1.